The van der Waals surface area contributed by atoms with Crippen LogP contribution in [0.1, 0.15) is 32.4 Å². The van der Waals surface area contributed by atoms with E-state index >= 15 is 0 Å². The summed E-state index contributed by atoms with van der Waals surface area (Å²) in [6.07, 6.45) is 3.52. The van der Waals surface area contributed by atoms with Gasteiger partial charge in [0.15, 0.2) is 0 Å². The minimum absolute atomic E-state index is 0.100. The van der Waals surface area contributed by atoms with Gasteiger partial charge < -0.3 is 14.4 Å². The molecule has 0 saturated heterocycles. The number of nitrogens with zero attached hydrogens (tertiary/aromatic N) is 4. The summed E-state index contributed by atoms with van der Waals surface area (Å²) in [5, 5.41) is 15.6. The van der Waals surface area contributed by atoms with Gasteiger partial charge in [0, 0.05) is 31.2 Å². The lowest BCUT2D eigenvalue weighted by molar-refractivity contribution is 0.0694. The number of carboxylic acid groups (broad SMARTS) is 1. The number of thiazole rings is 1. The molecule has 0 fully saturated rings. The van der Waals surface area contributed by atoms with Gasteiger partial charge in [0.05, 0.1) is 12.7 Å². The van der Waals surface area contributed by atoms with Crippen LogP contribution in [-0.2, 0) is 13.6 Å². The summed E-state index contributed by atoms with van der Waals surface area (Å²) in [6, 6.07) is 1.43. The van der Waals surface area contributed by atoms with E-state index in [0.29, 0.717) is 22.2 Å². The van der Waals surface area contributed by atoms with E-state index in [0.717, 1.165) is 5.56 Å². The number of hydrogen-bond donors (Lipinski definition) is 1. The van der Waals surface area contributed by atoms with Gasteiger partial charge in [0.25, 0.3) is 5.91 Å². The molecule has 0 aliphatic rings. The number of aromatic carboxylic acids is 1. The van der Waals surface area contributed by atoms with Crippen molar-refractivity contribution in [2.24, 2.45) is 7.05 Å². The SMILES string of the molecule is Cc1oc(CN(C)C(=O)c2csc(-c3cnn(C)c3)n2)cc1C(=O)O. The predicted octanol–water partition coefficient (Wildman–Crippen LogP) is 2.42. The number of furan rings is 1. The van der Waals surface area contributed by atoms with Crippen molar-refractivity contribution in [2.75, 3.05) is 7.05 Å². The van der Waals surface area contributed by atoms with Crippen molar-refractivity contribution in [3.05, 3.63) is 46.6 Å². The quantitative estimate of drug-likeness (QED) is 0.750. The molecule has 3 heterocycles. The summed E-state index contributed by atoms with van der Waals surface area (Å²) in [6.45, 7) is 1.74. The zero-order valence-corrected chi connectivity index (χ0v) is 14.7. The van der Waals surface area contributed by atoms with Crippen molar-refractivity contribution < 1.29 is 19.1 Å². The number of rotatable bonds is 5. The summed E-state index contributed by atoms with van der Waals surface area (Å²) >= 11 is 1.37. The third-order valence-electron chi connectivity index (χ3n) is 3.61. The largest absolute Gasteiger partial charge is 0.478 e. The predicted molar refractivity (Wildman–Crippen MR) is 90.5 cm³/mol. The van der Waals surface area contributed by atoms with Gasteiger partial charge in [-0.05, 0) is 13.0 Å². The average molecular weight is 360 g/mol. The molecule has 3 aromatic rings. The number of aromatic nitrogens is 3. The molecule has 9 heteroatoms. The molecule has 0 aliphatic carbocycles. The number of carbonyl (C=O) groups is 2. The molecule has 0 bridgehead atoms. The second kappa shape index (κ2) is 6.52. The Bertz CT molecular complexity index is 940. The van der Waals surface area contributed by atoms with Crippen LogP contribution in [0.4, 0.5) is 0 Å². The molecule has 0 radical (unpaired) electrons. The van der Waals surface area contributed by atoms with Crippen LogP contribution in [0.15, 0.2) is 28.3 Å². The van der Waals surface area contributed by atoms with Gasteiger partial charge in [-0.3, -0.25) is 9.48 Å². The summed E-state index contributed by atoms with van der Waals surface area (Å²) < 4.78 is 7.08. The number of carbonyl (C=O) groups excluding carboxylic acids is 1. The van der Waals surface area contributed by atoms with Crippen LogP contribution in [0.2, 0.25) is 0 Å². The monoisotopic (exact) mass is 360 g/mol. The third-order valence-corrected chi connectivity index (χ3v) is 4.51. The number of aryl methyl sites for hydroxylation is 2. The maximum atomic E-state index is 12.5. The molecule has 0 saturated carbocycles. The smallest absolute Gasteiger partial charge is 0.339 e. The van der Waals surface area contributed by atoms with Crippen molar-refractivity contribution in [1.82, 2.24) is 19.7 Å². The molecule has 130 valence electrons. The van der Waals surface area contributed by atoms with Crippen molar-refractivity contribution in [3.63, 3.8) is 0 Å². The van der Waals surface area contributed by atoms with E-state index in [9.17, 15) is 9.59 Å². The Morgan fingerprint density at radius 3 is 2.80 bits per heavy atom. The first-order chi connectivity index (χ1) is 11.8. The molecule has 0 aliphatic heterocycles. The van der Waals surface area contributed by atoms with Gasteiger partial charge in [-0.2, -0.15) is 5.10 Å². The summed E-state index contributed by atoms with van der Waals surface area (Å²) in [4.78, 5) is 29.4. The molecular weight excluding hydrogens is 344 g/mol. The highest BCUT2D eigenvalue weighted by molar-refractivity contribution is 7.13. The van der Waals surface area contributed by atoms with E-state index in [1.165, 1.54) is 22.3 Å². The number of amides is 1. The Labute approximate surface area is 147 Å². The van der Waals surface area contributed by atoms with E-state index in [2.05, 4.69) is 10.1 Å². The van der Waals surface area contributed by atoms with E-state index in [1.54, 1.807) is 30.2 Å². The number of carboxylic acids is 1. The average Bonchev–Trinajstić information content (AvgIpc) is 3.26. The van der Waals surface area contributed by atoms with E-state index in [4.69, 9.17) is 9.52 Å². The van der Waals surface area contributed by atoms with Gasteiger partial charge in [-0.25, -0.2) is 9.78 Å². The molecule has 0 unspecified atom stereocenters. The fourth-order valence-corrected chi connectivity index (χ4v) is 3.14. The molecule has 1 N–H and O–H groups in total. The summed E-state index contributed by atoms with van der Waals surface area (Å²) in [7, 11) is 3.43. The van der Waals surface area contributed by atoms with Crippen LogP contribution in [0, 0.1) is 6.92 Å². The third kappa shape index (κ3) is 3.45. The first kappa shape index (κ1) is 16.9. The topological polar surface area (TPSA) is 101 Å². The van der Waals surface area contributed by atoms with Crippen LogP contribution in [0.25, 0.3) is 10.6 Å². The first-order valence-corrected chi connectivity index (χ1v) is 8.25. The molecule has 1 amide bonds. The van der Waals surface area contributed by atoms with Gasteiger partial charge in [-0.1, -0.05) is 0 Å². The highest BCUT2D eigenvalue weighted by atomic mass is 32.1. The lowest BCUT2D eigenvalue weighted by Gasteiger charge is -2.13. The second-order valence-corrected chi connectivity index (χ2v) is 6.45. The standard InChI is InChI=1S/C16H16N4O4S/c1-9-12(16(22)23)4-11(24-9)7-19(2)15(21)13-8-25-14(18-13)10-5-17-20(3)6-10/h4-6,8H,7H2,1-3H3,(H,22,23). The molecule has 0 spiro atoms. The summed E-state index contributed by atoms with van der Waals surface area (Å²) in [5.74, 6) is -0.594. The maximum Gasteiger partial charge on any atom is 0.339 e. The Morgan fingerprint density at radius 2 is 2.20 bits per heavy atom. The zero-order chi connectivity index (χ0) is 18.1. The van der Waals surface area contributed by atoms with Crippen LogP contribution in [0.3, 0.4) is 0 Å². The van der Waals surface area contributed by atoms with Crippen LogP contribution >= 0.6 is 11.3 Å². The van der Waals surface area contributed by atoms with Gasteiger partial charge in [-0.15, -0.1) is 11.3 Å². The lowest BCUT2D eigenvalue weighted by atomic mass is 10.2. The molecule has 8 nitrogen and oxygen atoms in total. The van der Waals surface area contributed by atoms with E-state index in [1.807, 2.05) is 13.2 Å². The fraction of sp³-hybridized carbons (Fsp3) is 0.250. The highest BCUT2D eigenvalue weighted by Crippen LogP contribution is 2.24. The molecule has 0 atom stereocenters. The Morgan fingerprint density at radius 1 is 1.44 bits per heavy atom. The van der Waals surface area contributed by atoms with E-state index < -0.39 is 5.97 Å². The maximum absolute atomic E-state index is 12.5. The molecular formula is C16H16N4O4S. The zero-order valence-electron chi connectivity index (χ0n) is 13.9. The summed E-state index contributed by atoms with van der Waals surface area (Å²) in [5.41, 5.74) is 1.28. The van der Waals surface area contributed by atoms with Gasteiger partial charge in [0.2, 0.25) is 0 Å². The number of hydrogen-bond acceptors (Lipinski definition) is 6. The second-order valence-electron chi connectivity index (χ2n) is 5.59. The Hall–Kier alpha value is -2.94. The van der Waals surface area contributed by atoms with Crippen molar-refractivity contribution >= 4 is 23.2 Å². The minimum atomic E-state index is -1.05. The Balaban J connectivity index is 1.73. The first-order valence-electron chi connectivity index (χ1n) is 7.37. The van der Waals surface area contributed by atoms with Crippen LogP contribution in [-0.4, -0.2) is 43.7 Å². The fourth-order valence-electron chi connectivity index (χ4n) is 2.37. The normalized spacial score (nSPS) is 10.8. The Kier molecular flexibility index (Phi) is 4.41. The van der Waals surface area contributed by atoms with Crippen molar-refractivity contribution in [1.29, 1.82) is 0 Å². The van der Waals surface area contributed by atoms with Crippen LogP contribution < -0.4 is 0 Å². The van der Waals surface area contributed by atoms with Gasteiger partial charge in [0.1, 0.15) is 27.8 Å². The minimum Gasteiger partial charge on any atom is -0.478 e. The van der Waals surface area contributed by atoms with Crippen molar-refractivity contribution in [3.8, 4) is 10.6 Å². The molecule has 25 heavy (non-hydrogen) atoms. The van der Waals surface area contributed by atoms with Gasteiger partial charge >= 0.3 is 5.97 Å². The highest BCUT2D eigenvalue weighted by Gasteiger charge is 2.20. The van der Waals surface area contributed by atoms with E-state index in [-0.39, 0.29) is 18.0 Å². The van der Waals surface area contributed by atoms with Crippen molar-refractivity contribution in [2.45, 2.75) is 13.5 Å². The molecule has 0 aromatic carbocycles. The molecule has 3 rings (SSSR count). The molecule has 3 aromatic heterocycles. The lowest BCUT2D eigenvalue weighted by Crippen LogP contribution is -2.26. The van der Waals surface area contributed by atoms with Crippen LogP contribution in [0.5, 0.6) is 0 Å².